The average molecular weight is 480 g/mol. The van der Waals surface area contributed by atoms with Crippen molar-refractivity contribution in [2.75, 3.05) is 0 Å². The molecular weight excluding hydrogens is 480 g/mol. The van der Waals surface area contributed by atoms with Crippen molar-refractivity contribution < 1.29 is 24.8 Å². The predicted molar refractivity (Wildman–Crippen MR) is 11.5 cm³/mol. The fraction of sp³-hybridized carbons (Fsp3) is 0. The van der Waals surface area contributed by atoms with Gasteiger partial charge in [-0.15, -0.1) is 0 Å². The Morgan fingerprint density at radius 2 is 0.500 bits per heavy atom. The van der Waals surface area contributed by atoms with Crippen molar-refractivity contribution >= 4 is 54.6 Å². The third kappa shape index (κ3) is 8.83. The van der Waals surface area contributed by atoms with Gasteiger partial charge in [-0.3, -0.25) is 0 Å². The van der Waals surface area contributed by atoms with Gasteiger partial charge in [0.2, 0.25) is 0 Å². The molecule has 0 heterocycles. The topological polar surface area (TPSA) is 0 Å². The smallest absolute Gasteiger partial charge is 1.00 e. The molecule has 0 spiro atoms. The fourth-order valence-corrected chi connectivity index (χ4v) is 0. The Bertz CT molecular complexity index is 4.00. The van der Waals surface area contributed by atoms with Crippen LogP contribution in [0.3, 0.4) is 0 Å². The molecule has 0 saturated carbocycles. The number of rotatable bonds is 0. The standard InChI is InChI=1S/2ClH.2Tl/h2*1H;;/q;;2*+1/p-2. The van der Waals surface area contributed by atoms with Gasteiger partial charge >= 0.3 is 54.6 Å². The van der Waals surface area contributed by atoms with Gasteiger partial charge < -0.3 is 24.8 Å². The van der Waals surface area contributed by atoms with Gasteiger partial charge in [0, 0.05) is 0 Å². The molecule has 0 rings (SSSR count). The summed E-state index contributed by atoms with van der Waals surface area (Å²) in [6.45, 7) is 0. The third-order valence-corrected chi connectivity index (χ3v) is 0. The molecule has 0 N–H and O–H groups in total. The molecule has 0 aromatic carbocycles. The van der Waals surface area contributed by atoms with Crippen LogP contribution in [-0.4, -0.2) is 54.6 Å². The summed E-state index contributed by atoms with van der Waals surface area (Å²) in [5, 5.41) is 0. The van der Waals surface area contributed by atoms with Crippen molar-refractivity contribution in [2.45, 2.75) is 0 Å². The Morgan fingerprint density at radius 1 is 0.500 bits per heavy atom. The van der Waals surface area contributed by atoms with Crippen molar-refractivity contribution in [1.29, 1.82) is 0 Å². The summed E-state index contributed by atoms with van der Waals surface area (Å²) in [4.78, 5) is 0. The Hall–Kier alpha value is 2.42. The van der Waals surface area contributed by atoms with E-state index in [9.17, 15) is 0 Å². The molecular formula is Cl2Tl2. The summed E-state index contributed by atoms with van der Waals surface area (Å²) in [6, 6.07) is 0. The molecule has 0 nitrogen and oxygen atoms in total. The van der Waals surface area contributed by atoms with Crippen molar-refractivity contribution in [2.24, 2.45) is 0 Å². The minimum Gasteiger partial charge on any atom is -1.00 e. The van der Waals surface area contributed by atoms with Crippen LogP contribution in [0.4, 0.5) is 0 Å². The monoisotopic (exact) mass is 480 g/mol. The van der Waals surface area contributed by atoms with E-state index < -0.39 is 0 Å². The summed E-state index contributed by atoms with van der Waals surface area (Å²) in [5.74, 6) is 0. The van der Waals surface area contributed by atoms with Crippen LogP contribution < -0.4 is 24.8 Å². The van der Waals surface area contributed by atoms with Crippen LogP contribution >= 0.6 is 0 Å². The van der Waals surface area contributed by atoms with E-state index >= 15 is 0 Å². The van der Waals surface area contributed by atoms with E-state index in [0.29, 0.717) is 0 Å². The molecule has 0 saturated heterocycles. The second-order valence-corrected chi connectivity index (χ2v) is 0. The zero-order valence-corrected chi connectivity index (χ0v) is 12.4. The second kappa shape index (κ2) is 18.1. The Labute approximate surface area is 78.2 Å². The molecule has 0 fully saturated rings. The zero-order chi connectivity index (χ0) is 0. The van der Waals surface area contributed by atoms with Gasteiger partial charge in [-0.05, 0) is 0 Å². The van der Waals surface area contributed by atoms with Crippen molar-refractivity contribution in [3.63, 3.8) is 0 Å². The molecule has 0 aliphatic rings. The van der Waals surface area contributed by atoms with Gasteiger partial charge in [-0.1, -0.05) is 0 Å². The van der Waals surface area contributed by atoms with Gasteiger partial charge in [0.1, 0.15) is 0 Å². The first-order chi connectivity index (χ1) is 0. The molecule has 0 aromatic rings. The Morgan fingerprint density at radius 3 is 0.500 bits per heavy atom. The van der Waals surface area contributed by atoms with Gasteiger partial charge in [0.25, 0.3) is 0 Å². The van der Waals surface area contributed by atoms with E-state index in [1.165, 1.54) is 0 Å². The van der Waals surface area contributed by atoms with Crippen LogP contribution in [0.1, 0.15) is 0 Å². The quantitative estimate of drug-likeness (QED) is 0.303. The van der Waals surface area contributed by atoms with Crippen LogP contribution in [-0.2, 0) is 0 Å². The number of hydrogen-bond acceptors (Lipinski definition) is 0. The SMILES string of the molecule is [Cl-].[Cl-].[Tl+].[Tl+]. The minimum atomic E-state index is 0. The zero-order valence-electron chi connectivity index (χ0n) is 1.91. The molecule has 0 aliphatic carbocycles. The van der Waals surface area contributed by atoms with Gasteiger partial charge in [-0.25, -0.2) is 0 Å². The normalized spacial score (nSPS) is 0. The molecule has 0 amide bonds. The molecule has 4 heteroatoms. The van der Waals surface area contributed by atoms with Crippen LogP contribution in [0.5, 0.6) is 0 Å². The first-order valence-electron chi connectivity index (χ1n) is 0. The predicted octanol–water partition coefficient (Wildman–Crippen LogP) is -6.75. The largest absolute Gasteiger partial charge is 1.00 e. The molecule has 20 valence electrons. The first kappa shape index (κ1) is 32.2. The maximum Gasteiger partial charge on any atom is 1.00 e. The van der Waals surface area contributed by atoms with E-state index in [1.54, 1.807) is 0 Å². The molecule has 0 radical (unpaired) electrons. The average Bonchev–Trinajstić information content (AvgIpc) is 0. The van der Waals surface area contributed by atoms with Crippen LogP contribution in [0.15, 0.2) is 0 Å². The summed E-state index contributed by atoms with van der Waals surface area (Å²) in [6.07, 6.45) is 0. The Kier molecular flexibility index (Phi) is 145. The maximum absolute atomic E-state index is 0. The van der Waals surface area contributed by atoms with Gasteiger partial charge in [-0.2, -0.15) is 0 Å². The van der Waals surface area contributed by atoms with Gasteiger partial charge in [0.15, 0.2) is 0 Å². The van der Waals surface area contributed by atoms with E-state index in [-0.39, 0.29) is 79.4 Å². The number of halogens is 2. The second-order valence-electron chi connectivity index (χ2n) is 0. The van der Waals surface area contributed by atoms with Crippen LogP contribution in [0.2, 0.25) is 0 Å². The minimum absolute atomic E-state index is 0. The fourth-order valence-electron chi connectivity index (χ4n) is 0. The van der Waals surface area contributed by atoms with E-state index in [2.05, 4.69) is 0 Å². The molecule has 0 atom stereocenters. The summed E-state index contributed by atoms with van der Waals surface area (Å²) in [7, 11) is 0. The molecule has 0 aromatic heterocycles. The number of hydrogen-bond donors (Lipinski definition) is 0. The van der Waals surface area contributed by atoms with Gasteiger partial charge in [0.05, 0.1) is 0 Å². The first-order valence-corrected chi connectivity index (χ1v) is 0. The molecule has 4 heavy (non-hydrogen) atoms. The van der Waals surface area contributed by atoms with Crippen molar-refractivity contribution in [3.8, 4) is 0 Å². The summed E-state index contributed by atoms with van der Waals surface area (Å²) >= 11 is 0. The van der Waals surface area contributed by atoms with Crippen molar-refractivity contribution in [1.82, 2.24) is 0 Å². The van der Waals surface area contributed by atoms with E-state index in [4.69, 9.17) is 0 Å². The summed E-state index contributed by atoms with van der Waals surface area (Å²) < 4.78 is 0. The molecule has 0 aliphatic heterocycles. The van der Waals surface area contributed by atoms with Crippen LogP contribution in [0, 0.1) is 0 Å². The summed E-state index contributed by atoms with van der Waals surface area (Å²) in [5.41, 5.74) is 0. The Balaban J connectivity index is 0. The van der Waals surface area contributed by atoms with E-state index in [0.717, 1.165) is 0 Å². The third-order valence-electron chi connectivity index (χ3n) is 0. The molecule has 0 unspecified atom stereocenters. The molecule has 0 bridgehead atoms. The maximum atomic E-state index is 0. The van der Waals surface area contributed by atoms with E-state index in [1.807, 2.05) is 0 Å². The van der Waals surface area contributed by atoms with Crippen molar-refractivity contribution in [3.05, 3.63) is 0 Å². The van der Waals surface area contributed by atoms with Crippen LogP contribution in [0.25, 0.3) is 0 Å².